The summed E-state index contributed by atoms with van der Waals surface area (Å²) in [6.07, 6.45) is 5.63. The number of benzene rings is 1. The van der Waals surface area contributed by atoms with Crippen LogP contribution in [0.4, 0.5) is 0 Å². The number of nitrogens with zero attached hydrogens (tertiary/aromatic N) is 1. The van der Waals surface area contributed by atoms with Gasteiger partial charge in [-0.1, -0.05) is 19.1 Å². The van der Waals surface area contributed by atoms with Crippen LogP contribution in [0.15, 0.2) is 18.8 Å². The van der Waals surface area contributed by atoms with Crippen LogP contribution in [0.5, 0.6) is 0 Å². The molecule has 2 heteroatoms. The van der Waals surface area contributed by atoms with Crippen molar-refractivity contribution in [2.75, 3.05) is 0 Å². The van der Waals surface area contributed by atoms with Gasteiger partial charge in [-0.3, -0.25) is 5.10 Å². The van der Waals surface area contributed by atoms with Gasteiger partial charge in [0, 0.05) is 5.39 Å². The fourth-order valence-electron chi connectivity index (χ4n) is 3.17. The largest absolute Gasteiger partial charge is 0.278 e. The molecule has 2 nitrogen and oxygen atoms in total. The maximum Gasteiger partial charge on any atom is 0.0659 e. The van der Waals surface area contributed by atoms with Crippen molar-refractivity contribution in [2.24, 2.45) is 0 Å². The van der Waals surface area contributed by atoms with Crippen LogP contribution in [-0.2, 0) is 6.42 Å². The molecule has 88 valence electrons. The molecule has 1 unspecified atom stereocenters. The third-order valence-electron chi connectivity index (χ3n) is 3.99. The third kappa shape index (κ3) is 1.43. The van der Waals surface area contributed by atoms with E-state index in [9.17, 15) is 0 Å². The summed E-state index contributed by atoms with van der Waals surface area (Å²) in [6.45, 7) is 8.52. The van der Waals surface area contributed by atoms with Gasteiger partial charge in [0.2, 0.25) is 0 Å². The van der Waals surface area contributed by atoms with E-state index in [-0.39, 0.29) is 0 Å². The molecular formula is C15H18N2. The average molecular weight is 226 g/mol. The van der Waals surface area contributed by atoms with Crippen LogP contribution in [0.3, 0.4) is 0 Å². The normalized spacial score (nSPS) is 18.6. The zero-order chi connectivity index (χ0) is 12.0. The quantitative estimate of drug-likeness (QED) is 0.822. The molecule has 1 N–H and O–H groups in total. The van der Waals surface area contributed by atoms with E-state index in [0.717, 1.165) is 17.0 Å². The van der Waals surface area contributed by atoms with Gasteiger partial charge >= 0.3 is 0 Å². The summed E-state index contributed by atoms with van der Waals surface area (Å²) in [6, 6.07) is 2.30. The molecule has 0 saturated carbocycles. The Bertz CT molecular complexity index is 592. The molecule has 0 aliphatic heterocycles. The van der Waals surface area contributed by atoms with Crippen molar-refractivity contribution in [1.29, 1.82) is 0 Å². The smallest absolute Gasteiger partial charge is 0.0659 e. The van der Waals surface area contributed by atoms with Gasteiger partial charge in [0.05, 0.1) is 11.7 Å². The minimum absolute atomic E-state index is 0.718. The second-order valence-electron chi connectivity index (χ2n) is 5.07. The van der Waals surface area contributed by atoms with E-state index in [4.69, 9.17) is 0 Å². The van der Waals surface area contributed by atoms with E-state index < -0.39 is 0 Å². The summed E-state index contributed by atoms with van der Waals surface area (Å²) in [4.78, 5) is 0. The Labute approximate surface area is 102 Å². The maximum absolute atomic E-state index is 4.17. The zero-order valence-corrected chi connectivity index (χ0v) is 10.5. The van der Waals surface area contributed by atoms with Crippen molar-refractivity contribution in [2.45, 2.75) is 39.0 Å². The van der Waals surface area contributed by atoms with Crippen LogP contribution in [0, 0.1) is 0 Å². The van der Waals surface area contributed by atoms with Crippen molar-refractivity contribution in [1.82, 2.24) is 10.2 Å². The van der Waals surface area contributed by atoms with E-state index in [2.05, 4.69) is 36.7 Å². The lowest BCUT2D eigenvalue weighted by atomic mass is 9.92. The first kappa shape index (κ1) is 10.6. The number of aromatic nitrogens is 2. The Morgan fingerprint density at radius 2 is 2.41 bits per heavy atom. The highest BCUT2D eigenvalue weighted by molar-refractivity contribution is 5.93. The summed E-state index contributed by atoms with van der Waals surface area (Å²) >= 11 is 0. The van der Waals surface area contributed by atoms with Crippen LogP contribution >= 0.6 is 0 Å². The minimum atomic E-state index is 0.718. The SMILES string of the molecule is C=C(C)c1c2c(cc3[nH]ncc13)C(CC)CC2. The molecule has 0 spiro atoms. The van der Waals surface area contributed by atoms with Gasteiger partial charge in [-0.25, -0.2) is 0 Å². The summed E-state index contributed by atoms with van der Waals surface area (Å²) in [5.74, 6) is 0.718. The number of hydrogen-bond donors (Lipinski definition) is 1. The molecule has 0 saturated heterocycles. The molecular weight excluding hydrogens is 208 g/mol. The first-order valence-corrected chi connectivity index (χ1v) is 6.37. The lowest BCUT2D eigenvalue weighted by Crippen LogP contribution is -1.94. The van der Waals surface area contributed by atoms with Gasteiger partial charge < -0.3 is 0 Å². The van der Waals surface area contributed by atoms with Gasteiger partial charge in [0.15, 0.2) is 0 Å². The van der Waals surface area contributed by atoms with E-state index in [0.29, 0.717) is 0 Å². The van der Waals surface area contributed by atoms with E-state index >= 15 is 0 Å². The van der Waals surface area contributed by atoms with E-state index in [1.165, 1.54) is 41.3 Å². The highest BCUT2D eigenvalue weighted by Crippen LogP contribution is 2.41. The molecule has 1 aliphatic rings. The highest BCUT2D eigenvalue weighted by Gasteiger charge is 2.25. The summed E-state index contributed by atoms with van der Waals surface area (Å²) in [7, 11) is 0. The molecule has 1 aliphatic carbocycles. The zero-order valence-electron chi connectivity index (χ0n) is 10.5. The lowest BCUT2D eigenvalue weighted by Gasteiger charge is -2.12. The average Bonchev–Trinajstić information content (AvgIpc) is 2.90. The minimum Gasteiger partial charge on any atom is -0.278 e. The second-order valence-corrected chi connectivity index (χ2v) is 5.07. The van der Waals surface area contributed by atoms with Crippen molar-refractivity contribution in [3.63, 3.8) is 0 Å². The van der Waals surface area contributed by atoms with Crippen LogP contribution in [0.1, 0.15) is 49.3 Å². The fourth-order valence-corrected chi connectivity index (χ4v) is 3.17. The molecule has 3 rings (SSSR count). The molecule has 1 aromatic heterocycles. The van der Waals surface area contributed by atoms with Gasteiger partial charge in [0.1, 0.15) is 0 Å². The third-order valence-corrected chi connectivity index (χ3v) is 3.99. The van der Waals surface area contributed by atoms with Crippen molar-refractivity contribution in [3.05, 3.63) is 35.5 Å². The number of rotatable bonds is 2. The summed E-state index contributed by atoms with van der Waals surface area (Å²) < 4.78 is 0. The number of fused-ring (bicyclic) bond motifs is 2. The molecule has 0 fully saturated rings. The predicted octanol–water partition coefficient (Wildman–Crippen LogP) is 4.04. The van der Waals surface area contributed by atoms with Crippen molar-refractivity contribution < 1.29 is 0 Å². The molecule has 0 amide bonds. The Kier molecular flexibility index (Phi) is 2.32. The maximum atomic E-state index is 4.17. The Hall–Kier alpha value is -1.57. The predicted molar refractivity (Wildman–Crippen MR) is 72.2 cm³/mol. The number of allylic oxidation sites excluding steroid dienone is 1. The number of H-pyrrole nitrogens is 1. The Balaban J connectivity index is 2.35. The first-order chi connectivity index (χ1) is 8.22. The molecule has 1 aromatic carbocycles. The molecule has 17 heavy (non-hydrogen) atoms. The summed E-state index contributed by atoms with van der Waals surface area (Å²) in [5, 5.41) is 8.50. The van der Waals surface area contributed by atoms with Crippen LogP contribution in [0.2, 0.25) is 0 Å². The second kappa shape index (κ2) is 3.73. The van der Waals surface area contributed by atoms with Gasteiger partial charge in [0.25, 0.3) is 0 Å². The molecule has 1 heterocycles. The molecule has 0 radical (unpaired) electrons. The van der Waals surface area contributed by atoms with Gasteiger partial charge in [-0.05, 0) is 54.9 Å². The van der Waals surface area contributed by atoms with E-state index in [1.54, 1.807) is 0 Å². The highest BCUT2D eigenvalue weighted by atomic mass is 15.1. The Morgan fingerprint density at radius 1 is 1.59 bits per heavy atom. The van der Waals surface area contributed by atoms with Gasteiger partial charge in [-0.2, -0.15) is 5.10 Å². The number of aromatic amines is 1. The standard InChI is InChI=1S/C15H18N2/c1-4-10-5-6-11-12(10)7-14-13(8-16-17-14)15(11)9(2)3/h7-8,10H,2,4-6H2,1,3H3,(H,16,17). The van der Waals surface area contributed by atoms with Crippen molar-refractivity contribution >= 4 is 16.5 Å². The molecule has 0 bridgehead atoms. The number of nitrogens with one attached hydrogen (secondary N) is 1. The van der Waals surface area contributed by atoms with Crippen molar-refractivity contribution in [3.8, 4) is 0 Å². The van der Waals surface area contributed by atoms with Gasteiger partial charge in [-0.15, -0.1) is 0 Å². The number of hydrogen-bond acceptors (Lipinski definition) is 1. The van der Waals surface area contributed by atoms with Crippen LogP contribution in [-0.4, -0.2) is 10.2 Å². The topological polar surface area (TPSA) is 28.7 Å². The summed E-state index contributed by atoms with van der Waals surface area (Å²) in [5.41, 5.74) is 6.68. The molecule has 1 atom stereocenters. The van der Waals surface area contributed by atoms with E-state index in [1.807, 2.05) is 6.20 Å². The molecule has 2 aromatic rings. The first-order valence-electron chi connectivity index (χ1n) is 6.37. The van der Waals surface area contributed by atoms with Crippen LogP contribution in [0.25, 0.3) is 16.5 Å². The lowest BCUT2D eigenvalue weighted by molar-refractivity contribution is 0.656. The Morgan fingerprint density at radius 3 is 3.12 bits per heavy atom. The van der Waals surface area contributed by atoms with Crippen LogP contribution < -0.4 is 0 Å². The fraction of sp³-hybridized carbons (Fsp3) is 0.400. The monoisotopic (exact) mass is 226 g/mol.